The number of aliphatic carboxylic acids is 6. The van der Waals surface area contributed by atoms with Crippen molar-refractivity contribution in [3.05, 3.63) is 167 Å². The number of halogens is 10. The van der Waals surface area contributed by atoms with Crippen LogP contribution in [-0.4, -0.2) is 268 Å². The van der Waals surface area contributed by atoms with Crippen LogP contribution in [0.5, 0.6) is 0 Å². The Morgan fingerprint density at radius 3 is 1.09 bits per heavy atom. The van der Waals surface area contributed by atoms with Crippen molar-refractivity contribution in [2.75, 3.05) is 90.4 Å². The number of aromatic nitrogens is 2. The number of nitrogens with one attached hydrogen (secondary N) is 4. The van der Waals surface area contributed by atoms with Crippen molar-refractivity contribution in [3.63, 3.8) is 0 Å². The van der Waals surface area contributed by atoms with Crippen LogP contribution in [0.4, 0.5) is 43.9 Å². The van der Waals surface area contributed by atoms with Crippen LogP contribution in [0.3, 0.4) is 0 Å². The van der Waals surface area contributed by atoms with Gasteiger partial charge in [-0.3, -0.25) is 47.9 Å². The summed E-state index contributed by atoms with van der Waals surface area (Å²) in [4.78, 5) is 142. The number of hydrogen-bond donors (Lipinski definition) is 16. The number of aliphatic hydroxyl groups is 2. The van der Waals surface area contributed by atoms with E-state index in [1.165, 1.54) is 9.80 Å². The molecule has 4 aromatic carbocycles. The Bertz CT molecular complexity index is 4600. The van der Waals surface area contributed by atoms with E-state index in [4.69, 9.17) is 67.5 Å². The van der Waals surface area contributed by atoms with Gasteiger partial charge in [0.25, 0.3) is 0 Å². The fraction of sp³-hybridized carbons (Fsp3) is 0.457. The summed E-state index contributed by atoms with van der Waals surface area (Å²) >= 11 is 1.41. The third-order valence-electron chi connectivity index (χ3n) is 17.8. The van der Waals surface area contributed by atoms with Gasteiger partial charge >= 0.3 is 48.2 Å². The maximum atomic E-state index is 15.0. The molecular formula is C81H104F10N12O22S2. The Morgan fingerprint density at radius 2 is 0.780 bits per heavy atom. The summed E-state index contributed by atoms with van der Waals surface area (Å²) in [6, 6.07) is 22.5. The highest BCUT2D eigenvalue weighted by Crippen LogP contribution is 2.43. The minimum Gasteiger partial charge on any atom is -0.481 e. The molecule has 8 atom stereocenters. The van der Waals surface area contributed by atoms with Crippen LogP contribution in [0.1, 0.15) is 95.4 Å². The third kappa shape index (κ3) is 38.5. The maximum absolute atomic E-state index is 15.0. The first kappa shape index (κ1) is 110. The molecule has 0 saturated carbocycles. The van der Waals surface area contributed by atoms with Gasteiger partial charge in [-0.05, 0) is 83.3 Å². The van der Waals surface area contributed by atoms with Crippen LogP contribution >= 0.6 is 23.5 Å². The lowest BCUT2D eigenvalue weighted by atomic mass is 9.82. The summed E-state index contributed by atoms with van der Waals surface area (Å²) in [5.74, 6) is -17.5. The van der Waals surface area contributed by atoms with Crippen LogP contribution < -0.4 is 44.2 Å². The standard InChI is InChI=1S/C39H52F2N6O9S.C38H50F2N6O9S.2C2HF3O2/c1-39(2,3)35(31-17-25(27-18-26(40)9-10-28(27)41)21-46(31)20-24-7-5-4-6-8-24)47(33(49)22-48)14-11-29(42)36(52)44-12-15-56-16-13-45-37(53)32(19-34(50)51)57-23-30(43)38(54)55;1-38(2,3)33(30-17-24(26-18-25(39)9-10-27(26)40)20-45(30)19-23-7-5-4-6-8-23)46(31(48)21-47)14-11-28(41)34(49)43-12-15-55-16-13-44-35(50)32(37(53)54)56-22-29(42)36(51)52;2*3-2(4,5)1(6)7/h4-10,17-18,21,29-30,32,35,48H,11-16,19-20,22-23,42-43H2,1-3H3,(H,44,52)(H,45,53)(H,50,51)(H,54,55);4-10,17-18,20,28-29,32-33,47H,11-16,19,21-22,41-42H2,1-3H3,(H,43,49)(H,44,50)(H,51,52)(H,53,54);2*(H,6,7)/t29-,30-,32?,35-;28-,29-,32?,33-;;/m00../s1. The van der Waals surface area contributed by atoms with Crippen LogP contribution in [-0.2, 0) is 80.1 Å². The van der Waals surface area contributed by atoms with Gasteiger partial charge in [-0.1, -0.05) is 102 Å². The molecule has 2 heterocycles. The third-order valence-corrected chi connectivity index (χ3v) is 20.5. The second-order valence-corrected chi connectivity index (χ2v) is 32.3. The zero-order valence-corrected chi connectivity index (χ0v) is 71.2. The summed E-state index contributed by atoms with van der Waals surface area (Å²) in [5.41, 5.74) is 25.9. The number of carboxylic acid groups (broad SMARTS) is 6. The Balaban J connectivity index is 0.000000568. The number of carboxylic acids is 6. The van der Waals surface area contributed by atoms with Gasteiger partial charge in [0.15, 0.2) is 5.25 Å². The van der Waals surface area contributed by atoms with Gasteiger partial charge in [-0.2, -0.15) is 26.3 Å². The van der Waals surface area contributed by atoms with Crippen LogP contribution in [0, 0.1) is 34.1 Å². The number of carbonyl (C=O) groups excluding carboxylic acids is 6. The fourth-order valence-corrected chi connectivity index (χ4v) is 13.9. The zero-order chi connectivity index (χ0) is 96.0. The predicted molar refractivity (Wildman–Crippen MR) is 442 cm³/mol. The summed E-state index contributed by atoms with van der Waals surface area (Å²) < 4.78 is 137. The molecule has 0 aliphatic heterocycles. The number of rotatable bonds is 45. The quantitative estimate of drug-likeness (QED) is 0.0126. The molecule has 34 nitrogen and oxygen atoms in total. The number of ether oxygens (including phenoxy) is 2. The van der Waals surface area contributed by atoms with E-state index in [1.54, 1.807) is 24.5 Å². The second-order valence-electron chi connectivity index (χ2n) is 30.0. The average Bonchev–Trinajstić information content (AvgIpc) is 1.66. The second kappa shape index (κ2) is 52.8. The van der Waals surface area contributed by atoms with Gasteiger partial charge in [0.1, 0.15) is 48.6 Å². The molecule has 6 amide bonds. The van der Waals surface area contributed by atoms with E-state index in [1.807, 2.05) is 111 Å². The minimum atomic E-state index is -5.08. The number of nitrogens with zero attached hydrogens (tertiary/aromatic N) is 4. The first-order valence-electron chi connectivity index (χ1n) is 38.5. The highest BCUT2D eigenvalue weighted by atomic mass is 32.2. The molecule has 0 spiro atoms. The Morgan fingerprint density at radius 1 is 0.449 bits per heavy atom. The zero-order valence-electron chi connectivity index (χ0n) is 69.6. The van der Waals surface area contributed by atoms with Crippen LogP contribution in [0.15, 0.2) is 122 Å². The van der Waals surface area contributed by atoms with E-state index >= 15 is 8.78 Å². The lowest BCUT2D eigenvalue weighted by Gasteiger charge is -2.41. The van der Waals surface area contributed by atoms with E-state index in [9.17, 15) is 98.4 Å². The van der Waals surface area contributed by atoms with Crippen molar-refractivity contribution in [2.45, 2.75) is 133 Å². The summed E-state index contributed by atoms with van der Waals surface area (Å²) in [6.07, 6.45) is -7.29. The normalized spacial score (nSPS) is 13.4. The highest BCUT2D eigenvalue weighted by Gasteiger charge is 2.42. The van der Waals surface area contributed by atoms with Crippen molar-refractivity contribution in [3.8, 4) is 22.3 Å². The molecule has 6 rings (SSSR count). The van der Waals surface area contributed by atoms with Crippen molar-refractivity contribution >= 4 is 94.8 Å². The van der Waals surface area contributed by atoms with Crippen molar-refractivity contribution < 1.29 is 152 Å². The molecule has 0 bridgehead atoms. The molecule has 20 N–H and O–H groups in total. The number of hydrogen-bond acceptors (Lipinski definition) is 22. The van der Waals surface area contributed by atoms with E-state index < -0.39 is 184 Å². The van der Waals surface area contributed by atoms with E-state index in [2.05, 4.69) is 21.3 Å². The molecule has 127 heavy (non-hydrogen) atoms. The first-order valence-corrected chi connectivity index (χ1v) is 40.6. The Hall–Kier alpha value is -11.2. The lowest BCUT2D eigenvalue weighted by Crippen LogP contribution is -2.48. The summed E-state index contributed by atoms with van der Waals surface area (Å²) in [6.45, 7) is 10.5. The molecule has 702 valence electrons. The van der Waals surface area contributed by atoms with Gasteiger partial charge < -0.3 is 113 Å². The molecule has 6 aromatic rings. The predicted octanol–water partition coefficient (Wildman–Crippen LogP) is 5.57. The lowest BCUT2D eigenvalue weighted by molar-refractivity contribution is -0.193. The molecule has 46 heteroatoms. The number of nitrogens with two attached hydrogens (primary N) is 4. The summed E-state index contributed by atoms with van der Waals surface area (Å²) in [5, 5.41) is 78.2. The monoisotopic (exact) mass is 1850 g/mol. The topological polar surface area (TPSA) is 554 Å². The number of aliphatic hydroxyl groups excluding tert-OH is 2. The van der Waals surface area contributed by atoms with Gasteiger partial charge in [-0.25, -0.2) is 27.2 Å². The van der Waals surface area contributed by atoms with Gasteiger partial charge in [-0.15, -0.1) is 23.5 Å². The first-order chi connectivity index (χ1) is 59.2. The van der Waals surface area contributed by atoms with Crippen molar-refractivity contribution in [1.82, 2.24) is 40.2 Å². The van der Waals surface area contributed by atoms with Gasteiger partial charge in [0.05, 0.1) is 62.3 Å². The maximum Gasteiger partial charge on any atom is 0.490 e. The Labute approximate surface area is 730 Å². The fourth-order valence-electron chi connectivity index (χ4n) is 11.9. The van der Waals surface area contributed by atoms with Crippen molar-refractivity contribution in [1.29, 1.82) is 0 Å². The van der Waals surface area contributed by atoms with E-state index in [0.29, 0.717) is 47.4 Å². The number of thioether (sulfide) groups is 2. The number of benzene rings is 4. The molecule has 2 unspecified atom stereocenters. The van der Waals surface area contributed by atoms with Gasteiger partial charge in [0, 0.05) is 110 Å². The van der Waals surface area contributed by atoms with E-state index in [-0.39, 0.29) is 101 Å². The van der Waals surface area contributed by atoms with Crippen LogP contribution in [0.2, 0.25) is 0 Å². The molecule has 0 aliphatic rings. The van der Waals surface area contributed by atoms with E-state index in [0.717, 1.165) is 59.3 Å². The Kier molecular flexibility index (Phi) is 45.7. The molecule has 0 aliphatic carbocycles. The summed E-state index contributed by atoms with van der Waals surface area (Å²) in [7, 11) is 0. The molecule has 2 aromatic heterocycles. The largest absolute Gasteiger partial charge is 0.490 e. The van der Waals surface area contributed by atoms with Gasteiger partial charge in [0.2, 0.25) is 35.4 Å². The highest BCUT2D eigenvalue weighted by molar-refractivity contribution is 8.01. The number of amides is 6. The van der Waals surface area contributed by atoms with Crippen LogP contribution in [0.25, 0.3) is 22.3 Å². The molecular weight excluding hydrogens is 1750 g/mol. The van der Waals surface area contributed by atoms with Crippen molar-refractivity contribution in [2.24, 2.45) is 33.8 Å². The number of carbonyl (C=O) groups is 12. The minimum absolute atomic E-state index is 0.00193. The molecule has 0 radical (unpaired) electrons. The SMILES string of the molecule is CC(C)(C)[C@H](c1cc(-c2cc(F)ccc2F)cn1Cc1ccccc1)N(CC[C@H](N)C(=O)NCCOCCNC(=O)C(CC(=O)O)SC[C@H](N)C(=O)O)C(=O)CO.CC(C)(C)[C@H](c1cc(-c2cc(F)ccc2F)cn1Cc1ccccc1)N(CC[C@H](N)C(=O)NCCOCCNC(=O)C(SC[C@H](N)C(=O)O)C(=O)O)C(=O)CO.O=C(O)C(F)(F)F.O=C(O)C(F)(F)F. The average molecular weight is 1850 g/mol. The number of alkyl halides is 6. The molecule has 0 saturated heterocycles. The molecule has 0 fully saturated rings. The smallest absolute Gasteiger partial charge is 0.481 e.